The van der Waals surface area contributed by atoms with Crippen LogP contribution in [0.4, 0.5) is 8.78 Å². The Morgan fingerprint density at radius 3 is 1.23 bits per heavy atom. The fourth-order valence-corrected chi connectivity index (χ4v) is 11.0. The summed E-state index contributed by atoms with van der Waals surface area (Å²) in [6.45, 7) is 0. The van der Waals surface area contributed by atoms with Crippen molar-refractivity contribution in [2.45, 2.75) is 101 Å². The molecule has 60 heavy (non-hydrogen) atoms. The van der Waals surface area contributed by atoms with Gasteiger partial charge in [0.25, 0.3) is 11.8 Å². The number of halogens is 4. The minimum Gasteiger partial charge on any atom is -0.349 e. The zero-order chi connectivity index (χ0) is 41.4. The summed E-state index contributed by atoms with van der Waals surface area (Å²) in [5.74, 6) is 0.357. The van der Waals surface area contributed by atoms with E-state index in [4.69, 9.17) is 23.2 Å². The normalized spacial score (nSPS) is 25.8. The van der Waals surface area contributed by atoms with Crippen molar-refractivity contribution < 1.29 is 18.4 Å². The predicted octanol–water partition coefficient (Wildman–Crippen LogP) is 12.5. The third-order valence-corrected chi connectivity index (χ3v) is 15.0. The fraction of sp³-hybridized carbons (Fsp3) is 0.360. The van der Waals surface area contributed by atoms with Gasteiger partial charge in [-0.1, -0.05) is 23.2 Å². The van der Waals surface area contributed by atoms with Gasteiger partial charge in [-0.2, -0.15) is 0 Å². The standard InChI is InChI=1S/2C25H24ClFN2O/c2*26-18-3-1-17(2-4-18)24(30)29-23-9-13-25(23)11-7-16(8-12-25)20-10-14-28-22-6-5-19(27)15-21(20)22/h2*1-6,10,14-16,23H,7-9,11-13H2,(H,29,30). The lowest BCUT2D eigenvalue weighted by Crippen LogP contribution is -2.56. The monoisotopic (exact) mass is 844 g/mol. The highest BCUT2D eigenvalue weighted by molar-refractivity contribution is 6.31. The van der Waals surface area contributed by atoms with E-state index >= 15 is 0 Å². The lowest BCUT2D eigenvalue weighted by molar-refractivity contribution is 0.0173. The molecule has 4 aliphatic rings. The smallest absolute Gasteiger partial charge is 0.251 e. The molecule has 2 amide bonds. The highest BCUT2D eigenvalue weighted by atomic mass is 35.5. The Morgan fingerprint density at radius 2 is 0.883 bits per heavy atom. The van der Waals surface area contributed by atoms with Gasteiger partial charge in [0.2, 0.25) is 0 Å². The van der Waals surface area contributed by atoms with Crippen LogP contribution in [0.1, 0.15) is 121 Å². The number of fused-ring (bicyclic) bond motifs is 2. The summed E-state index contributed by atoms with van der Waals surface area (Å²) in [6, 6.07) is 28.3. The topological polar surface area (TPSA) is 84.0 Å². The Balaban J connectivity index is 0.000000154. The molecule has 2 N–H and O–H groups in total. The van der Waals surface area contributed by atoms with E-state index in [1.54, 1.807) is 72.8 Å². The molecule has 0 radical (unpaired) electrons. The number of nitrogens with zero attached hydrogens (tertiary/aromatic N) is 2. The van der Waals surface area contributed by atoms with Crippen molar-refractivity contribution in [1.82, 2.24) is 20.6 Å². The second-order valence-electron chi connectivity index (χ2n) is 17.5. The van der Waals surface area contributed by atoms with Gasteiger partial charge in [0.05, 0.1) is 11.0 Å². The van der Waals surface area contributed by atoms with Crippen LogP contribution < -0.4 is 10.6 Å². The van der Waals surface area contributed by atoms with E-state index in [1.165, 1.54) is 23.3 Å². The molecule has 10 rings (SSSR count). The van der Waals surface area contributed by atoms with E-state index in [9.17, 15) is 18.4 Å². The summed E-state index contributed by atoms with van der Waals surface area (Å²) < 4.78 is 27.7. The number of aromatic nitrogens is 2. The van der Waals surface area contributed by atoms with Crippen LogP contribution in [-0.4, -0.2) is 33.9 Å². The summed E-state index contributed by atoms with van der Waals surface area (Å²) in [4.78, 5) is 34.1. The lowest BCUT2D eigenvalue weighted by Gasteiger charge is -2.53. The van der Waals surface area contributed by atoms with Gasteiger partial charge in [-0.05, 0) is 208 Å². The zero-order valence-electron chi connectivity index (χ0n) is 33.4. The van der Waals surface area contributed by atoms with Crippen LogP contribution in [0.3, 0.4) is 0 Å². The van der Waals surface area contributed by atoms with Crippen LogP contribution in [-0.2, 0) is 0 Å². The zero-order valence-corrected chi connectivity index (χ0v) is 34.9. The Hall–Kier alpha value is -4.92. The van der Waals surface area contributed by atoms with Crippen molar-refractivity contribution >= 4 is 56.8 Å². The van der Waals surface area contributed by atoms with Crippen molar-refractivity contribution in [3.05, 3.63) is 153 Å². The molecule has 2 atom stereocenters. The first-order valence-electron chi connectivity index (χ1n) is 21.3. The summed E-state index contributed by atoms with van der Waals surface area (Å²) in [7, 11) is 0. The predicted molar refractivity (Wildman–Crippen MR) is 235 cm³/mol. The van der Waals surface area contributed by atoms with Crippen molar-refractivity contribution in [2.24, 2.45) is 10.8 Å². The first-order valence-corrected chi connectivity index (χ1v) is 22.0. The number of amides is 2. The number of rotatable bonds is 6. The number of pyridine rings is 2. The van der Waals surface area contributed by atoms with Gasteiger partial charge in [-0.15, -0.1) is 0 Å². The molecule has 2 aromatic heterocycles. The highest BCUT2D eigenvalue weighted by Crippen LogP contribution is 2.56. The number of nitrogens with one attached hydrogen (secondary N) is 2. The Kier molecular flexibility index (Phi) is 11.4. The molecule has 4 aliphatic carbocycles. The quantitative estimate of drug-likeness (QED) is 0.175. The average molecular weight is 846 g/mol. The van der Waals surface area contributed by atoms with E-state index in [0.29, 0.717) is 33.0 Å². The van der Waals surface area contributed by atoms with E-state index in [-0.39, 0.29) is 46.4 Å². The van der Waals surface area contributed by atoms with Crippen LogP contribution in [0.5, 0.6) is 0 Å². The van der Waals surface area contributed by atoms with E-state index in [2.05, 4.69) is 20.6 Å². The number of hydrogen-bond acceptors (Lipinski definition) is 4. The molecule has 4 aromatic carbocycles. The van der Waals surface area contributed by atoms with E-state index in [0.717, 1.165) is 98.9 Å². The average Bonchev–Trinajstić information content (AvgIpc) is 3.27. The van der Waals surface area contributed by atoms with Crippen molar-refractivity contribution in [1.29, 1.82) is 0 Å². The molecule has 4 saturated carbocycles. The first kappa shape index (κ1) is 40.5. The van der Waals surface area contributed by atoms with Crippen molar-refractivity contribution in [2.75, 3.05) is 0 Å². The molecule has 2 unspecified atom stereocenters. The SMILES string of the molecule is O=C(NC1CCC12CCC(c1ccnc3ccc(F)cc13)CC2)c1ccc(Cl)cc1.O=C(NC1CCC12CCC(c1ccnc3ccc(F)cc13)CC2)c1ccc(Cl)cc1. The minimum absolute atomic E-state index is 0.0199. The van der Waals surface area contributed by atoms with E-state index in [1.807, 2.05) is 24.5 Å². The Labute approximate surface area is 359 Å². The molecule has 0 aliphatic heterocycles. The third-order valence-electron chi connectivity index (χ3n) is 14.5. The van der Waals surface area contributed by atoms with Gasteiger partial charge in [-0.3, -0.25) is 19.6 Å². The molecule has 6 aromatic rings. The van der Waals surface area contributed by atoms with Crippen LogP contribution in [0.15, 0.2) is 109 Å². The lowest BCUT2D eigenvalue weighted by atomic mass is 9.55. The highest BCUT2D eigenvalue weighted by Gasteiger charge is 2.50. The maximum atomic E-state index is 13.8. The maximum absolute atomic E-state index is 13.8. The number of hydrogen-bond donors (Lipinski definition) is 2. The largest absolute Gasteiger partial charge is 0.349 e. The molecule has 6 nitrogen and oxygen atoms in total. The molecule has 10 heteroatoms. The van der Waals surface area contributed by atoms with Crippen LogP contribution in [0, 0.1) is 22.5 Å². The molecular formula is C50H48Cl2F2N4O2. The second-order valence-corrected chi connectivity index (χ2v) is 18.4. The third kappa shape index (κ3) is 8.13. The van der Waals surface area contributed by atoms with Gasteiger partial charge < -0.3 is 10.6 Å². The number of carbonyl (C=O) groups excluding carboxylic acids is 2. The van der Waals surface area contributed by atoms with Gasteiger partial charge in [0.15, 0.2) is 0 Å². The first-order chi connectivity index (χ1) is 29.1. The molecule has 0 bridgehead atoms. The van der Waals surface area contributed by atoms with Crippen LogP contribution in [0.25, 0.3) is 21.8 Å². The number of benzene rings is 4. The summed E-state index contributed by atoms with van der Waals surface area (Å²) >= 11 is 11.9. The van der Waals surface area contributed by atoms with Crippen molar-refractivity contribution in [3.8, 4) is 0 Å². The van der Waals surface area contributed by atoms with Crippen LogP contribution >= 0.6 is 23.2 Å². The molecule has 2 heterocycles. The molecule has 4 fully saturated rings. The maximum Gasteiger partial charge on any atom is 0.251 e. The van der Waals surface area contributed by atoms with Crippen molar-refractivity contribution in [3.63, 3.8) is 0 Å². The van der Waals surface area contributed by atoms with Gasteiger partial charge in [-0.25, -0.2) is 8.78 Å². The Morgan fingerprint density at radius 1 is 0.517 bits per heavy atom. The summed E-state index contributed by atoms with van der Waals surface area (Å²) in [5.41, 5.74) is 5.82. The molecule has 308 valence electrons. The van der Waals surface area contributed by atoms with Gasteiger partial charge >= 0.3 is 0 Å². The van der Waals surface area contributed by atoms with Crippen LogP contribution in [0.2, 0.25) is 10.0 Å². The molecular weight excluding hydrogens is 797 g/mol. The number of carbonyl (C=O) groups is 2. The second kappa shape index (κ2) is 16.9. The molecule has 2 spiro atoms. The summed E-state index contributed by atoms with van der Waals surface area (Å²) in [6.07, 6.45) is 16.6. The van der Waals surface area contributed by atoms with Gasteiger partial charge in [0, 0.05) is 56.4 Å². The Bertz CT molecular complexity index is 2360. The summed E-state index contributed by atoms with van der Waals surface area (Å²) in [5, 5.41) is 9.65. The molecule has 0 saturated heterocycles. The fourth-order valence-electron chi connectivity index (χ4n) is 10.7. The van der Waals surface area contributed by atoms with Gasteiger partial charge in [0.1, 0.15) is 11.6 Å². The van der Waals surface area contributed by atoms with E-state index < -0.39 is 0 Å². The minimum atomic E-state index is -0.215.